The standard InChI is InChI=1S/C33H35ClN2O5/c1-21(2)31-30(33(41)35-25-14-7-4-8-15-25)29(22-10-5-3-6-11-22)32(23-12-9-13-24(34)18-23)36(31)17-16-26(37)19-27(38)20-28(39)40/h3-15,18,21,26-27,37-38H,16-17,19-20H2,1-2H3,(H,35,41)(H,39,40)/t26-,27-/m1/s1. The highest BCUT2D eigenvalue weighted by molar-refractivity contribution is 6.30. The molecule has 0 spiro atoms. The van der Waals surface area contributed by atoms with Gasteiger partial charge in [0.1, 0.15) is 0 Å². The van der Waals surface area contributed by atoms with Gasteiger partial charge in [0.15, 0.2) is 0 Å². The first-order valence-corrected chi connectivity index (χ1v) is 14.1. The van der Waals surface area contributed by atoms with Crippen molar-refractivity contribution in [1.29, 1.82) is 0 Å². The van der Waals surface area contributed by atoms with Gasteiger partial charge < -0.3 is 25.2 Å². The van der Waals surface area contributed by atoms with E-state index in [1.165, 1.54) is 0 Å². The van der Waals surface area contributed by atoms with Gasteiger partial charge in [-0.3, -0.25) is 9.59 Å². The number of nitrogens with zero attached hydrogens (tertiary/aromatic N) is 1. The number of rotatable bonds is 12. The van der Waals surface area contributed by atoms with Crippen LogP contribution in [0.15, 0.2) is 84.9 Å². The summed E-state index contributed by atoms with van der Waals surface area (Å²) >= 11 is 6.45. The number of aliphatic carboxylic acids is 1. The van der Waals surface area contributed by atoms with E-state index in [2.05, 4.69) is 9.88 Å². The van der Waals surface area contributed by atoms with Crippen LogP contribution >= 0.6 is 11.6 Å². The number of anilines is 1. The lowest BCUT2D eigenvalue weighted by Crippen LogP contribution is -2.22. The Balaban J connectivity index is 1.90. The number of amides is 1. The van der Waals surface area contributed by atoms with E-state index in [1.807, 2.05) is 92.7 Å². The Bertz CT molecular complexity index is 1480. The van der Waals surface area contributed by atoms with Crippen LogP contribution in [0.2, 0.25) is 5.02 Å². The van der Waals surface area contributed by atoms with Gasteiger partial charge >= 0.3 is 5.97 Å². The van der Waals surface area contributed by atoms with Crippen LogP contribution in [0.25, 0.3) is 22.4 Å². The van der Waals surface area contributed by atoms with E-state index in [1.54, 1.807) is 6.07 Å². The fourth-order valence-electron chi connectivity index (χ4n) is 5.23. The molecule has 0 unspecified atom stereocenters. The highest BCUT2D eigenvalue weighted by Crippen LogP contribution is 2.43. The number of aliphatic hydroxyl groups is 2. The Kier molecular flexibility index (Phi) is 10.00. The quantitative estimate of drug-likeness (QED) is 0.148. The third kappa shape index (κ3) is 7.44. The maximum Gasteiger partial charge on any atom is 0.305 e. The first kappa shape index (κ1) is 30.1. The van der Waals surface area contributed by atoms with E-state index in [4.69, 9.17) is 16.7 Å². The lowest BCUT2D eigenvalue weighted by atomic mass is 9.94. The topological polar surface area (TPSA) is 112 Å². The van der Waals surface area contributed by atoms with E-state index in [0.717, 1.165) is 28.1 Å². The highest BCUT2D eigenvalue weighted by atomic mass is 35.5. The lowest BCUT2D eigenvalue weighted by Gasteiger charge is -2.20. The summed E-state index contributed by atoms with van der Waals surface area (Å²) in [5.74, 6) is -1.45. The number of aliphatic hydroxyl groups excluding tert-OH is 2. The number of hydrogen-bond donors (Lipinski definition) is 4. The van der Waals surface area contributed by atoms with Crippen LogP contribution in [0.5, 0.6) is 0 Å². The van der Waals surface area contributed by atoms with Crippen molar-refractivity contribution in [2.45, 2.75) is 57.8 Å². The number of carbonyl (C=O) groups excluding carboxylic acids is 1. The average molecular weight is 575 g/mol. The van der Waals surface area contributed by atoms with Crippen molar-refractivity contribution in [1.82, 2.24) is 4.57 Å². The molecule has 1 aromatic heterocycles. The maximum absolute atomic E-state index is 14.1. The summed E-state index contributed by atoms with van der Waals surface area (Å²) in [6, 6.07) is 26.4. The van der Waals surface area contributed by atoms with Gasteiger partial charge in [-0.2, -0.15) is 0 Å². The van der Waals surface area contributed by atoms with Crippen molar-refractivity contribution in [3.8, 4) is 22.4 Å². The van der Waals surface area contributed by atoms with Gasteiger partial charge in [0.25, 0.3) is 5.91 Å². The number of para-hydroxylation sites is 1. The number of hydrogen-bond acceptors (Lipinski definition) is 4. The maximum atomic E-state index is 14.1. The summed E-state index contributed by atoms with van der Waals surface area (Å²) in [6.45, 7) is 4.37. The predicted molar refractivity (Wildman–Crippen MR) is 162 cm³/mol. The molecule has 41 heavy (non-hydrogen) atoms. The molecular weight excluding hydrogens is 540 g/mol. The Morgan fingerprint density at radius 3 is 2.12 bits per heavy atom. The molecule has 4 rings (SSSR count). The van der Waals surface area contributed by atoms with E-state index in [9.17, 15) is 19.8 Å². The largest absolute Gasteiger partial charge is 0.481 e. The summed E-state index contributed by atoms with van der Waals surface area (Å²) in [7, 11) is 0. The monoisotopic (exact) mass is 574 g/mol. The van der Waals surface area contributed by atoms with Crippen molar-refractivity contribution in [2.75, 3.05) is 5.32 Å². The van der Waals surface area contributed by atoms with Crippen molar-refractivity contribution < 1.29 is 24.9 Å². The fraction of sp³-hybridized carbons (Fsp3) is 0.273. The minimum absolute atomic E-state index is 0.0655. The zero-order valence-corrected chi connectivity index (χ0v) is 23.9. The summed E-state index contributed by atoms with van der Waals surface area (Å²) < 4.78 is 2.06. The molecule has 3 aromatic carbocycles. The second-order valence-electron chi connectivity index (χ2n) is 10.4. The molecule has 7 nitrogen and oxygen atoms in total. The minimum Gasteiger partial charge on any atom is -0.481 e. The number of halogens is 1. The van der Waals surface area contributed by atoms with Crippen molar-refractivity contribution in [3.63, 3.8) is 0 Å². The zero-order chi connectivity index (χ0) is 29.5. The van der Waals surface area contributed by atoms with Crippen LogP contribution in [0, 0.1) is 0 Å². The van der Waals surface area contributed by atoms with E-state index in [0.29, 0.717) is 22.8 Å². The molecule has 0 saturated heterocycles. The lowest BCUT2D eigenvalue weighted by molar-refractivity contribution is -0.139. The van der Waals surface area contributed by atoms with Gasteiger partial charge in [-0.25, -0.2) is 0 Å². The molecule has 0 fully saturated rings. The number of carboxylic acids is 1. The Morgan fingerprint density at radius 1 is 0.878 bits per heavy atom. The number of benzene rings is 3. The summed E-state index contributed by atoms with van der Waals surface area (Å²) in [5, 5.41) is 33.4. The zero-order valence-electron chi connectivity index (χ0n) is 23.1. The van der Waals surface area contributed by atoms with Gasteiger partial charge in [0, 0.05) is 34.1 Å². The van der Waals surface area contributed by atoms with Gasteiger partial charge in [-0.15, -0.1) is 0 Å². The van der Waals surface area contributed by atoms with Crippen molar-refractivity contribution in [2.24, 2.45) is 0 Å². The first-order chi connectivity index (χ1) is 19.7. The molecule has 214 valence electrons. The van der Waals surface area contributed by atoms with Gasteiger partial charge in [-0.05, 0) is 48.6 Å². The third-order valence-corrected chi connectivity index (χ3v) is 7.15. The number of aromatic nitrogens is 1. The molecule has 4 N–H and O–H groups in total. The second-order valence-corrected chi connectivity index (χ2v) is 10.9. The van der Waals surface area contributed by atoms with Crippen LogP contribution in [-0.4, -0.2) is 44.0 Å². The van der Waals surface area contributed by atoms with E-state index < -0.39 is 24.6 Å². The van der Waals surface area contributed by atoms with Gasteiger partial charge in [-0.1, -0.05) is 86.1 Å². The fourth-order valence-corrected chi connectivity index (χ4v) is 5.42. The van der Waals surface area contributed by atoms with Crippen LogP contribution in [0.3, 0.4) is 0 Å². The Labute approximate surface area is 245 Å². The van der Waals surface area contributed by atoms with E-state index in [-0.39, 0.29) is 24.7 Å². The average Bonchev–Trinajstić information content (AvgIpc) is 3.28. The summed E-state index contributed by atoms with van der Waals surface area (Å²) in [6.07, 6.45) is -2.36. The van der Waals surface area contributed by atoms with Gasteiger partial charge in [0.2, 0.25) is 0 Å². The Morgan fingerprint density at radius 2 is 1.51 bits per heavy atom. The highest BCUT2D eigenvalue weighted by Gasteiger charge is 2.31. The smallest absolute Gasteiger partial charge is 0.305 e. The molecule has 0 bridgehead atoms. The molecule has 0 aliphatic carbocycles. The number of nitrogens with one attached hydrogen (secondary N) is 1. The molecule has 2 atom stereocenters. The third-order valence-electron chi connectivity index (χ3n) is 6.91. The van der Waals surface area contributed by atoms with Crippen LogP contribution in [-0.2, 0) is 11.3 Å². The predicted octanol–water partition coefficient (Wildman–Crippen LogP) is 6.83. The molecule has 0 radical (unpaired) electrons. The summed E-state index contributed by atoms with van der Waals surface area (Å²) in [4.78, 5) is 25.1. The van der Waals surface area contributed by atoms with Crippen LogP contribution < -0.4 is 5.32 Å². The van der Waals surface area contributed by atoms with Gasteiger partial charge in [0.05, 0.1) is 29.9 Å². The van der Waals surface area contributed by atoms with Crippen molar-refractivity contribution >= 4 is 29.2 Å². The molecule has 1 amide bonds. The molecular formula is C33H35ClN2O5. The second kappa shape index (κ2) is 13.6. The van der Waals surface area contributed by atoms with E-state index >= 15 is 0 Å². The molecule has 1 heterocycles. The number of carboxylic acid groups (broad SMARTS) is 1. The first-order valence-electron chi connectivity index (χ1n) is 13.7. The molecule has 0 saturated carbocycles. The molecule has 8 heteroatoms. The Hall–Kier alpha value is -3.91. The SMILES string of the molecule is CC(C)c1c(C(=O)Nc2ccccc2)c(-c2ccccc2)c(-c2cccc(Cl)c2)n1CC[C@@H](O)C[C@@H](O)CC(=O)O. The van der Waals surface area contributed by atoms with Crippen molar-refractivity contribution in [3.05, 3.63) is 101 Å². The molecule has 0 aliphatic heterocycles. The minimum atomic E-state index is -1.16. The van der Waals surface area contributed by atoms with Crippen LogP contribution in [0.1, 0.15) is 55.1 Å². The summed E-state index contributed by atoms with van der Waals surface area (Å²) in [5.41, 5.74) is 5.22. The van der Waals surface area contributed by atoms with Crippen LogP contribution in [0.4, 0.5) is 5.69 Å². The molecule has 0 aliphatic rings. The molecule has 4 aromatic rings. The normalized spacial score (nSPS) is 12.7. The number of carbonyl (C=O) groups is 2.